The van der Waals surface area contributed by atoms with Crippen LogP contribution in [0.1, 0.15) is 42.0 Å². The summed E-state index contributed by atoms with van der Waals surface area (Å²) >= 11 is 0. The molecule has 0 heterocycles. The highest BCUT2D eigenvalue weighted by Crippen LogP contribution is 2.44. The summed E-state index contributed by atoms with van der Waals surface area (Å²) in [5.74, 6) is -1.27. The lowest BCUT2D eigenvalue weighted by molar-refractivity contribution is -0.143. The number of halogens is 1. The molecule has 1 atom stereocenters. The van der Waals surface area contributed by atoms with Gasteiger partial charge in [0.15, 0.2) is 11.6 Å². The number of hydrogen-bond donors (Lipinski definition) is 1. The summed E-state index contributed by atoms with van der Waals surface area (Å²) in [4.78, 5) is 25.3. The van der Waals surface area contributed by atoms with Crippen LogP contribution in [0.15, 0.2) is 97.1 Å². The molecule has 210 valence electrons. The van der Waals surface area contributed by atoms with E-state index in [2.05, 4.69) is 17.4 Å². The van der Waals surface area contributed by atoms with E-state index in [0.29, 0.717) is 5.56 Å². The van der Waals surface area contributed by atoms with E-state index in [4.69, 9.17) is 14.2 Å². The molecule has 1 aliphatic rings. The van der Waals surface area contributed by atoms with Crippen molar-refractivity contribution in [3.8, 4) is 16.9 Å². The van der Waals surface area contributed by atoms with Gasteiger partial charge in [-0.1, -0.05) is 84.9 Å². The minimum absolute atomic E-state index is 0.0101. The van der Waals surface area contributed by atoms with Gasteiger partial charge in [0.1, 0.15) is 18.2 Å². The summed E-state index contributed by atoms with van der Waals surface area (Å²) in [6.45, 7) is 3.83. The van der Waals surface area contributed by atoms with Gasteiger partial charge in [-0.25, -0.2) is 14.0 Å². The van der Waals surface area contributed by atoms with Crippen molar-refractivity contribution in [2.24, 2.45) is 0 Å². The number of nitrogens with one attached hydrogen (secondary N) is 1. The number of ether oxygens (including phenoxy) is 3. The topological polar surface area (TPSA) is 73.9 Å². The number of benzene rings is 4. The van der Waals surface area contributed by atoms with E-state index < -0.39 is 29.5 Å². The van der Waals surface area contributed by atoms with Crippen LogP contribution in [0, 0.1) is 5.82 Å². The minimum Gasteiger partial charge on any atom is -0.480 e. The molecule has 0 unspecified atom stereocenters. The largest absolute Gasteiger partial charge is 0.480 e. The fraction of sp³-hybridized carbons (Fsp3) is 0.235. The quantitative estimate of drug-likeness (QED) is 0.232. The molecule has 4 aromatic rings. The molecule has 0 radical (unpaired) electrons. The number of hydrogen-bond acceptors (Lipinski definition) is 5. The maximum absolute atomic E-state index is 15.1. The van der Waals surface area contributed by atoms with Crippen molar-refractivity contribution in [2.75, 3.05) is 13.7 Å². The molecule has 0 aliphatic heterocycles. The van der Waals surface area contributed by atoms with E-state index in [1.54, 1.807) is 6.07 Å². The molecule has 41 heavy (non-hydrogen) atoms. The molecule has 7 heteroatoms. The molecule has 1 N–H and O–H groups in total. The number of fused-ring (bicyclic) bond motifs is 3. The number of methoxy groups -OCH3 is 1. The molecule has 4 aromatic carbocycles. The van der Waals surface area contributed by atoms with E-state index in [1.807, 2.05) is 80.6 Å². The van der Waals surface area contributed by atoms with Gasteiger partial charge in [0.2, 0.25) is 0 Å². The molecule has 6 nitrogen and oxygen atoms in total. The average Bonchev–Trinajstić information content (AvgIpc) is 3.30. The zero-order valence-corrected chi connectivity index (χ0v) is 23.2. The van der Waals surface area contributed by atoms with Gasteiger partial charge >= 0.3 is 12.1 Å². The summed E-state index contributed by atoms with van der Waals surface area (Å²) in [5.41, 5.74) is 5.03. The first kappa shape index (κ1) is 27.9. The van der Waals surface area contributed by atoms with E-state index in [9.17, 15) is 9.59 Å². The number of rotatable bonds is 9. The van der Waals surface area contributed by atoms with E-state index >= 15 is 4.39 Å². The predicted molar refractivity (Wildman–Crippen MR) is 154 cm³/mol. The van der Waals surface area contributed by atoms with Crippen LogP contribution in [0.3, 0.4) is 0 Å². The molecule has 0 fully saturated rings. The Labute approximate surface area is 239 Å². The Balaban J connectivity index is 1.24. The van der Waals surface area contributed by atoms with Gasteiger partial charge in [-0.05, 0) is 59.4 Å². The van der Waals surface area contributed by atoms with Crippen molar-refractivity contribution < 1.29 is 28.2 Å². The molecule has 1 amide bonds. The monoisotopic (exact) mass is 553 g/mol. The van der Waals surface area contributed by atoms with Crippen molar-refractivity contribution >= 4 is 12.1 Å². The molecular weight excluding hydrogens is 521 g/mol. The molecular formula is C34H32FNO5. The Morgan fingerprint density at radius 2 is 1.49 bits per heavy atom. The van der Waals surface area contributed by atoms with Gasteiger partial charge in [0.05, 0.1) is 7.11 Å². The van der Waals surface area contributed by atoms with Gasteiger partial charge in [0, 0.05) is 12.3 Å². The maximum Gasteiger partial charge on any atom is 0.407 e. The second kappa shape index (κ2) is 11.8. The van der Waals surface area contributed by atoms with Gasteiger partial charge in [-0.15, -0.1) is 0 Å². The normalized spacial score (nSPS) is 13.1. The lowest BCUT2D eigenvalue weighted by Gasteiger charge is -2.27. The van der Waals surface area contributed by atoms with Crippen LogP contribution in [0.5, 0.6) is 5.75 Å². The molecule has 0 saturated heterocycles. The van der Waals surface area contributed by atoms with Gasteiger partial charge in [-0.3, -0.25) is 0 Å². The lowest BCUT2D eigenvalue weighted by Crippen LogP contribution is -2.43. The van der Waals surface area contributed by atoms with Crippen LogP contribution in [0.2, 0.25) is 0 Å². The zero-order chi connectivity index (χ0) is 29.0. The smallest absolute Gasteiger partial charge is 0.407 e. The Morgan fingerprint density at radius 3 is 2.10 bits per heavy atom. The van der Waals surface area contributed by atoms with Crippen molar-refractivity contribution in [3.05, 3.63) is 125 Å². The summed E-state index contributed by atoms with van der Waals surface area (Å²) in [7, 11) is 1.23. The predicted octanol–water partition coefficient (Wildman–Crippen LogP) is 6.76. The second-order valence-corrected chi connectivity index (χ2v) is 10.5. The number of esters is 1. The average molecular weight is 554 g/mol. The van der Waals surface area contributed by atoms with Crippen molar-refractivity contribution in [2.45, 2.75) is 37.8 Å². The SMILES string of the molecule is COC(=O)[C@H](Cc1ccc(OC(C)(C)c2ccccc2)c(F)c1)NC(=O)OCC1c2ccccc2-c2ccccc21. The van der Waals surface area contributed by atoms with Crippen LogP contribution in [-0.2, 0) is 26.3 Å². The molecule has 0 saturated carbocycles. The third-order valence-electron chi connectivity index (χ3n) is 7.39. The van der Waals surface area contributed by atoms with Crippen LogP contribution >= 0.6 is 0 Å². The Kier molecular flexibility index (Phi) is 8.06. The lowest BCUT2D eigenvalue weighted by atomic mass is 9.98. The summed E-state index contributed by atoms with van der Waals surface area (Å²) < 4.78 is 31.5. The molecule has 0 bridgehead atoms. The number of amides is 1. The first-order valence-corrected chi connectivity index (χ1v) is 13.5. The number of carbonyl (C=O) groups excluding carboxylic acids is 2. The van der Waals surface area contributed by atoms with Crippen molar-refractivity contribution in [1.29, 1.82) is 0 Å². The van der Waals surface area contributed by atoms with Crippen LogP contribution in [0.25, 0.3) is 11.1 Å². The van der Waals surface area contributed by atoms with Crippen molar-refractivity contribution in [3.63, 3.8) is 0 Å². The standard InChI is InChI=1S/C34H32FNO5/c1-34(2,23-11-5-4-6-12-23)41-31-18-17-22(19-29(31)35)20-30(32(37)39-3)36-33(38)40-21-28-26-15-9-7-13-24(26)25-14-8-10-16-27(25)28/h4-19,28,30H,20-21H2,1-3H3,(H,36,38)/t30-/m0/s1. The number of carbonyl (C=O) groups is 2. The minimum atomic E-state index is -1.07. The van der Waals surface area contributed by atoms with E-state index in [-0.39, 0.29) is 24.7 Å². The van der Waals surface area contributed by atoms with E-state index in [0.717, 1.165) is 27.8 Å². The summed E-state index contributed by atoms with van der Waals surface area (Å²) in [5, 5.41) is 2.59. The first-order valence-electron chi connectivity index (χ1n) is 13.5. The Morgan fingerprint density at radius 1 is 0.878 bits per heavy atom. The van der Waals surface area contributed by atoms with Gasteiger partial charge in [-0.2, -0.15) is 0 Å². The Hall–Kier alpha value is -4.65. The van der Waals surface area contributed by atoms with E-state index in [1.165, 1.54) is 19.2 Å². The fourth-order valence-electron chi connectivity index (χ4n) is 5.28. The first-order chi connectivity index (χ1) is 19.8. The summed E-state index contributed by atoms with van der Waals surface area (Å²) in [6.07, 6.45) is -0.747. The highest BCUT2D eigenvalue weighted by molar-refractivity contribution is 5.82. The highest BCUT2D eigenvalue weighted by atomic mass is 19.1. The third-order valence-corrected chi connectivity index (χ3v) is 7.39. The Bertz CT molecular complexity index is 1510. The third kappa shape index (κ3) is 6.09. The van der Waals surface area contributed by atoms with Crippen molar-refractivity contribution in [1.82, 2.24) is 5.32 Å². The molecule has 5 rings (SSSR count). The second-order valence-electron chi connectivity index (χ2n) is 10.5. The van der Waals surface area contributed by atoms with Gasteiger partial charge in [0.25, 0.3) is 0 Å². The fourth-order valence-corrected chi connectivity index (χ4v) is 5.28. The maximum atomic E-state index is 15.1. The highest BCUT2D eigenvalue weighted by Gasteiger charge is 2.30. The number of alkyl carbamates (subject to hydrolysis) is 1. The van der Waals surface area contributed by atoms with Crippen LogP contribution < -0.4 is 10.1 Å². The molecule has 0 aromatic heterocycles. The zero-order valence-electron chi connectivity index (χ0n) is 23.2. The summed E-state index contributed by atoms with van der Waals surface area (Å²) in [6, 6.07) is 29.0. The van der Waals surface area contributed by atoms with Gasteiger partial charge < -0.3 is 19.5 Å². The molecule has 1 aliphatic carbocycles. The van der Waals surface area contributed by atoms with Crippen LogP contribution in [-0.4, -0.2) is 31.8 Å². The van der Waals surface area contributed by atoms with Crippen LogP contribution in [0.4, 0.5) is 9.18 Å². The molecule has 0 spiro atoms.